The first kappa shape index (κ1) is 13.8. The third-order valence-corrected chi connectivity index (χ3v) is 3.06. The Morgan fingerprint density at radius 2 is 1.95 bits per heavy atom. The highest BCUT2D eigenvalue weighted by atomic mass is 16.5. The molecule has 104 valence electrons. The number of para-hydroxylation sites is 1. The Morgan fingerprint density at radius 3 is 2.60 bits per heavy atom. The second-order valence-electron chi connectivity index (χ2n) is 4.17. The molecule has 1 heterocycles. The van der Waals surface area contributed by atoms with Gasteiger partial charge >= 0.3 is 0 Å². The Kier molecular flexibility index (Phi) is 3.86. The molecule has 0 aliphatic carbocycles. The van der Waals surface area contributed by atoms with Gasteiger partial charge in [-0.3, -0.25) is 15.0 Å². The predicted octanol–water partition coefficient (Wildman–Crippen LogP) is 0.664. The molecule has 2 rings (SSSR count). The molecule has 0 aliphatic heterocycles. The number of rotatable bonds is 3. The molecule has 0 radical (unpaired) electrons. The Labute approximate surface area is 115 Å². The summed E-state index contributed by atoms with van der Waals surface area (Å²) in [5, 5.41) is 0. The number of nitrogens with one attached hydrogen (secondary N) is 1. The molecule has 1 aromatic carbocycles. The number of nitrogen functional groups attached to an aromatic ring is 1. The van der Waals surface area contributed by atoms with Crippen LogP contribution < -0.4 is 21.6 Å². The molecular weight excluding hydrogens is 258 g/mol. The van der Waals surface area contributed by atoms with Gasteiger partial charge < -0.3 is 9.30 Å². The first-order chi connectivity index (χ1) is 9.60. The van der Waals surface area contributed by atoms with Gasteiger partial charge in [0, 0.05) is 12.6 Å². The number of carbonyl (C=O) groups is 1. The highest BCUT2D eigenvalue weighted by Gasteiger charge is 2.14. The van der Waals surface area contributed by atoms with Crippen LogP contribution in [0.3, 0.4) is 0 Å². The third-order valence-electron chi connectivity index (χ3n) is 3.06. The Bertz CT molecular complexity index is 707. The fourth-order valence-corrected chi connectivity index (χ4v) is 2.01. The van der Waals surface area contributed by atoms with Crippen molar-refractivity contribution in [3.8, 4) is 17.0 Å². The van der Waals surface area contributed by atoms with Crippen LogP contribution in [-0.4, -0.2) is 17.6 Å². The zero-order valence-electron chi connectivity index (χ0n) is 11.2. The second kappa shape index (κ2) is 5.58. The van der Waals surface area contributed by atoms with Gasteiger partial charge in [0.05, 0.1) is 12.8 Å². The third kappa shape index (κ3) is 2.28. The maximum Gasteiger partial charge on any atom is 0.270 e. The monoisotopic (exact) mass is 273 g/mol. The molecule has 0 unspecified atom stereocenters. The van der Waals surface area contributed by atoms with Crippen LogP contribution in [0.15, 0.2) is 41.2 Å². The predicted molar refractivity (Wildman–Crippen MR) is 75.3 cm³/mol. The summed E-state index contributed by atoms with van der Waals surface area (Å²) in [7, 11) is 3.16. The van der Waals surface area contributed by atoms with Crippen LogP contribution in [0.4, 0.5) is 0 Å². The summed E-state index contributed by atoms with van der Waals surface area (Å²) in [6, 6.07) is 10.5. The van der Waals surface area contributed by atoms with E-state index in [1.54, 1.807) is 26.3 Å². The molecule has 0 saturated heterocycles. The van der Waals surface area contributed by atoms with E-state index < -0.39 is 11.5 Å². The molecule has 3 N–H and O–H groups in total. The van der Waals surface area contributed by atoms with E-state index in [-0.39, 0.29) is 5.56 Å². The summed E-state index contributed by atoms with van der Waals surface area (Å²) in [6.07, 6.45) is 0. The lowest BCUT2D eigenvalue weighted by molar-refractivity contribution is 0.0951. The van der Waals surface area contributed by atoms with Crippen molar-refractivity contribution in [2.24, 2.45) is 12.9 Å². The Balaban J connectivity index is 2.63. The molecule has 0 bridgehead atoms. The lowest BCUT2D eigenvalue weighted by Crippen LogP contribution is -2.36. The van der Waals surface area contributed by atoms with Gasteiger partial charge in [-0.2, -0.15) is 0 Å². The fourth-order valence-electron chi connectivity index (χ4n) is 2.01. The molecule has 6 heteroatoms. The van der Waals surface area contributed by atoms with E-state index in [0.29, 0.717) is 11.4 Å². The fraction of sp³-hybridized carbons (Fsp3) is 0.143. The Hall–Kier alpha value is -2.60. The van der Waals surface area contributed by atoms with Crippen LogP contribution in [0.5, 0.6) is 5.75 Å². The Morgan fingerprint density at radius 1 is 1.25 bits per heavy atom. The SMILES string of the molecule is COc1ccccc1-c1ccc(C(=O)NN)c(=O)n1C. The zero-order valence-corrected chi connectivity index (χ0v) is 11.2. The number of hydrogen-bond acceptors (Lipinski definition) is 4. The van der Waals surface area contributed by atoms with Crippen molar-refractivity contribution in [2.45, 2.75) is 0 Å². The van der Waals surface area contributed by atoms with E-state index in [1.807, 2.05) is 23.6 Å². The minimum absolute atomic E-state index is 0.00588. The summed E-state index contributed by atoms with van der Waals surface area (Å²) in [5.41, 5.74) is 2.95. The number of nitrogens with zero attached hydrogens (tertiary/aromatic N) is 1. The first-order valence-corrected chi connectivity index (χ1v) is 5.94. The summed E-state index contributed by atoms with van der Waals surface area (Å²) in [5.74, 6) is 5.09. The number of ether oxygens (including phenoxy) is 1. The first-order valence-electron chi connectivity index (χ1n) is 5.94. The number of amides is 1. The van der Waals surface area contributed by atoms with Gasteiger partial charge in [-0.25, -0.2) is 5.84 Å². The average Bonchev–Trinajstić information content (AvgIpc) is 2.49. The van der Waals surface area contributed by atoms with Gasteiger partial charge in [-0.15, -0.1) is 0 Å². The number of benzene rings is 1. The van der Waals surface area contributed by atoms with Gasteiger partial charge in [0.2, 0.25) is 0 Å². The standard InChI is InChI=1S/C14H15N3O3/c1-17-11(9-5-3-4-6-12(9)20-2)8-7-10(14(17)19)13(18)16-15/h3-8H,15H2,1-2H3,(H,16,18). The summed E-state index contributed by atoms with van der Waals surface area (Å²) in [4.78, 5) is 23.7. The topological polar surface area (TPSA) is 86.3 Å². The van der Waals surface area contributed by atoms with E-state index in [4.69, 9.17) is 10.6 Å². The van der Waals surface area contributed by atoms with Crippen molar-refractivity contribution in [3.05, 3.63) is 52.3 Å². The van der Waals surface area contributed by atoms with Crippen molar-refractivity contribution in [1.82, 2.24) is 9.99 Å². The maximum absolute atomic E-state index is 12.2. The van der Waals surface area contributed by atoms with Crippen LogP contribution in [-0.2, 0) is 7.05 Å². The molecule has 0 spiro atoms. The van der Waals surface area contributed by atoms with Crippen LogP contribution in [0.25, 0.3) is 11.3 Å². The van der Waals surface area contributed by atoms with E-state index in [0.717, 1.165) is 5.56 Å². The van der Waals surface area contributed by atoms with Crippen LogP contribution >= 0.6 is 0 Å². The summed E-state index contributed by atoms with van der Waals surface area (Å²) in [6.45, 7) is 0. The number of hydrogen-bond donors (Lipinski definition) is 2. The number of aromatic nitrogens is 1. The average molecular weight is 273 g/mol. The lowest BCUT2D eigenvalue weighted by atomic mass is 10.1. The van der Waals surface area contributed by atoms with Gasteiger partial charge in [-0.05, 0) is 24.3 Å². The smallest absolute Gasteiger partial charge is 0.270 e. The molecule has 0 atom stereocenters. The molecule has 0 fully saturated rings. The van der Waals surface area contributed by atoms with E-state index in [2.05, 4.69) is 0 Å². The molecule has 20 heavy (non-hydrogen) atoms. The van der Waals surface area contributed by atoms with Crippen molar-refractivity contribution in [3.63, 3.8) is 0 Å². The van der Waals surface area contributed by atoms with E-state index in [9.17, 15) is 9.59 Å². The molecule has 1 aromatic heterocycles. The van der Waals surface area contributed by atoms with Crippen molar-refractivity contribution in [2.75, 3.05) is 7.11 Å². The maximum atomic E-state index is 12.2. The van der Waals surface area contributed by atoms with E-state index >= 15 is 0 Å². The van der Waals surface area contributed by atoms with Crippen LogP contribution in [0.1, 0.15) is 10.4 Å². The molecule has 0 aliphatic rings. The number of hydrazine groups is 1. The molecule has 1 amide bonds. The largest absolute Gasteiger partial charge is 0.496 e. The molecular formula is C14H15N3O3. The molecule has 0 saturated carbocycles. The number of nitrogens with two attached hydrogens (primary N) is 1. The van der Waals surface area contributed by atoms with Crippen LogP contribution in [0, 0.1) is 0 Å². The zero-order chi connectivity index (χ0) is 14.7. The van der Waals surface area contributed by atoms with Crippen LogP contribution in [0.2, 0.25) is 0 Å². The minimum Gasteiger partial charge on any atom is -0.496 e. The molecule has 6 nitrogen and oxygen atoms in total. The second-order valence-corrected chi connectivity index (χ2v) is 4.17. The summed E-state index contributed by atoms with van der Waals surface area (Å²) < 4.78 is 6.67. The number of carbonyl (C=O) groups excluding carboxylic acids is 1. The van der Waals surface area contributed by atoms with Crippen molar-refractivity contribution in [1.29, 1.82) is 0 Å². The van der Waals surface area contributed by atoms with Crippen molar-refractivity contribution < 1.29 is 9.53 Å². The van der Waals surface area contributed by atoms with Gasteiger partial charge in [0.1, 0.15) is 11.3 Å². The van der Waals surface area contributed by atoms with Crippen molar-refractivity contribution >= 4 is 5.91 Å². The number of methoxy groups -OCH3 is 1. The summed E-state index contributed by atoms with van der Waals surface area (Å²) >= 11 is 0. The highest BCUT2D eigenvalue weighted by Crippen LogP contribution is 2.28. The van der Waals surface area contributed by atoms with E-state index in [1.165, 1.54) is 10.6 Å². The molecule has 2 aromatic rings. The van der Waals surface area contributed by atoms with Gasteiger partial charge in [0.25, 0.3) is 11.5 Å². The minimum atomic E-state index is -0.614. The van der Waals surface area contributed by atoms with Gasteiger partial charge in [-0.1, -0.05) is 12.1 Å². The lowest BCUT2D eigenvalue weighted by Gasteiger charge is -2.13. The quantitative estimate of drug-likeness (QED) is 0.489. The normalized spacial score (nSPS) is 10.2. The van der Waals surface area contributed by atoms with Gasteiger partial charge in [0.15, 0.2) is 0 Å². The number of pyridine rings is 1. The highest BCUT2D eigenvalue weighted by molar-refractivity contribution is 5.93.